The zero-order valence-corrected chi connectivity index (χ0v) is 16.4. The predicted molar refractivity (Wildman–Crippen MR) is 115 cm³/mol. The molecule has 0 unspecified atom stereocenters. The van der Waals surface area contributed by atoms with E-state index in [-0.39, 0.29) is 0 Å². The van der Waals surface area contributed by atoms with Crippen molar-refractivity contribution in [3.8, 4) is 5.75 Å². The van der Waals surface area contributed by atoms with Crippen molar-refractivity contribution < 1.29 is 9.15 Å². The summed E-state index contributed by atoms with van der Waals surface area (Å²) in [6, 6.07) is 15.1. The number of nitrogens with zero attached hydrogens (tertiary/aromatic N) is 1. The summed E-state index contributed by atoms with van der Waals surface area (Å²) in [4.78, 5) is 17.1. The van der Waals surface area contributed by atoms with Gasteiger partial charge in [-0.15, -0.1) is 0 Å². The number of unbranched alkanes of at least 4 members (excludes halogenated alkanes) is 3. The normalized spacial score (nSPS) is 11.2. The molecule has 0 aliphatic rings. The third-order valence-corrected chi connectivity index (χ3v) is 4.57. The Morgan fingerprint density at radius 3 is 2.61 bits per heavy atom. The highest BCUT2D eigenvalue weighted by Crippen LogP contribution is 2.28. The lowest BCUT2D eigenvalue weighted by Gasteiger charge is -2.12. The summed E-state index contributed by atoms with van der Waals surface area (Å²) < 4.78 is 10.7. The molecule has 28 heavy (non-hydrogen) atoms. The van der Waals surface area contributed by atoms with Crippen LogP contribution in [0, 0.1) is 0 Å². The first-order chi connectivity index (χ1) is 13.7. The van der Waals surface area contributed by atoms with Gasteiger partial charge in [0.05, 0.1) is 12.8 Å². The Hall–Kier alpha value is -3.08. The van der Waals surface area contributed by atoms with Crippen LogP contribution in [-0.4, -0.2) is 19.9 Å². The van der Waals surface area contributed by atoms with Gasteiger partial charge in [0.15, 0.2) is 0 Å². The Balaban J connectivity index is 1.94. The molecular formula is C23H26N2O3. The van der Waals surface area contributed by atoms with Crippen LogP contribution in [0.25, 0.3) is 11.0 Å². The van der Waals surface area contributed by atoms with Crippen molar-refractivity contribution in [2.45, 2.75) is 32.6 Å². The monoisotopic (exact) mass is 378 g/mol. The van der Waals surface area contributed by atoms with Crippen LogP contribution in [0.2, 0.25) is 0 Å². The third kappa shape index (κ3) is 4.80. The average Bonchev–Trinajstić information content (AvgIpc) is 2.72. The van der Waals surface area contributed by atoms with Gasteiger partial charge in [-0.3, -0.25) is 4.99 Å². The fourth-order valence-electron chi connectivity index (χ4n) is 3.02. The molecular weight excluding hydrogens is 352 g/mol. The second kappa shape index (κ2) is 9.74. The topological polar surface area (TPSA) is 63.8 Å². The van der Waals surface area contributed by atoms with Crippen molar-refractivity contribution in [3.63, 3.8) is 0 Å². The smallest absolute Gasteiger partial charge is 0.347 e. The van der Waals surface area contributed by atoms with Gasteiger partial charge in [-0.1, -0.05) is 38.3 Å². The van der Waals surface area contributed by atoms with E-state index in [1.165, 1.54) is 12.8 Å². The number of para-hydroxylation sites is 1. The Morgan fingerprint density at radius 2 is 1.86 bits per heavy atom. The van der Waals surface area contributed by atoms with Gasteiger partial charge in [0.1, 0.15) is 16.9 Å². The molecule has 0 aliphatic heterocycles. The van der Waals surface area contributed by atoms with Gasteiger partial charge >= 0.3 is 5.63 Å². The highest BCUT2D eigenvalue weighted by molar-refractivity contribution is 6.01. The Bertz CT molecular complexity index is 991. The number of benzene rings is 2. The van der Waals surface area contributed by atoms with Crippen LogP contribution in [-0.2, 0) is 0 Å². The standard InChI is InChI=1S/C23H26N2O3/c1-3-4-5-8-15-24-16-20-22(25-17-11-13-18(27-2)14-12-17)19-9-6-7-10-21(19)28-23(20)26/h6-7,9-14,16,25H,3-5,8,15H2,1-2H3. The number of nitrogens with one attached hydrogen (secondary N) is 1. The Morgan fingerprint density at radius 1 is 1.07 bits per heavy atom. The van der Waals surface area contributed by atoms with Crippen molar-refractivity contribution in [1.82, 2.24) is 0 Å². The van der Waals surface area contributed by atoms with Gasteiger partial charge in [0.25, 0.3) is 0 Å². The maximum atomic E-state index is 12.6. The number of aliphatic imine (C=N–C) groups is 1. The van der Waals surface area contributed by atoms with E-state index >= 15 is 0 Å². The summed E-state index contributed by atoms with van der Waals surface area (Å²) in [7, 11) is 1.63. The summed E-state index contributed by atoms with van der Waals surface area (Å²) in [6.07, 6.45) is 6.20. The molecule has 1 heterocycles. The van der Waals surface area contributed by atoms with Crippen molar-refractivity contribution >= 4 is 28.6 Å². The van der Waals surface area contributed by atoms with Gasteiger partial charge < -0.3 is 14.5 Å². The molecule has 0 bridgehead atoms. The van der Waals surface area contributed by atoms with E-state index in [0.29, 0.717) is 23.4 Å². The number of ether oxygens (including phenoxy) is 1. The number of anilines is 2. The minimum Gasteiger partial charge on any atom is -0.497 e. The molecule has 0 atom stereocenters. The summed E-state index contributed by atoms with van der Waals surface area (Å²) in [5.74, 6) is 0.775. The lowest BCUT2D eigenvalue weighted by Crippen LogP contribution is -2.11. The molecule has 0 aliphatic carbocycles. The van der Waals surface area contributed by atoms with Crippen LogP contribution < -0.4 is 15.7 Å². The third-order valence-electron chi connectivity index (χ3n) is 4.57. The van der Waals surface area contributed by atoms with Crippen LogP contribution in [0.1, 0.15) is 38.2 Å². The van der Waals surface area contributed by atoms with Crippen molar-refractivity contribution in [2.75, 3.05) is 19.0 Å². The van der Waals surface area contributed by atoms with E-state index in [1.807, 2.05) is 42.5 Å². The summed E-state index contributed by atoms with van der Waals surface area (Å²) in [5.41, 5.74) is 2.14. The summed E-state index contributed by atoms with van der Waals surface area (Å²) in [5, 5.41) is 4.20. The van der Waals surface area contributed by atoms with Crippen LogP contribution >= 0.6 is 0 Å². The molecule has 1 N–H and O–H groups in total. The van der Waals surface area contributed by atoms with Crippen LogP contribution in [0.3, 0.4) is 0 Å². The quantitative estimate of drug-likeness (QED) is 0.301. The molecule has 0 saturated carbocycles. The lowest BCUT2D eigenvalue weighted by molar-refractivity contribution is 0.415. The molecule has 2 aromatic carbocycles. The van der Waals surface area contributed by atoms with E-state index in [0.717, 1.165) is 29.7 Å². The average molecular weight is 378 g/mol. The maximum Gasteiger partial charge on any atom is 0.347 e. The molecule has 5 nitrogen and oxygen atoms in total. The van der Waals surface area contributed by atoms with E-state index in [1.54, 1.807) is 19.4 Å². The molecule has 3 aromatic rings. The zero-order valence-electron chi connectivity index (χ0n) is 16.4. The predicted octanol–water partition coefficient (Wildman–Crippen LogP) is 5.54. The van der Waals surface area contributed by atoms with E-state index in [9.17, 15) is 4.79 Å². The van der Waals surface area contributed by atoms with Gasteiger partial charge in [0, 0.05) is 23.8 Å². The largest absolute Gasteiger partial charge is 0.497 e. The highest BCUT2D eigenvalue weighted by Gasteiger charge is 2.13. The number of hydrogen-bond acceptors (Lipinski definition) is 5. The number of fused-ring (bicyclic) bond motifs is 1. The summed E-state index contributed by atoms with van der Waals surface area (Å²) >= 11 is 0. The molecule has 0 amide bonds. The van der Waals surface area contributed by atoms with Gasteiger partial charge in [-0.2, -0.15) is 0 Å². The van der Waals surface area contributed by atoms with E-state index < -0.39 is 5.63 Å². The number of rotatable bonds is 9. The van der Waals surface area contributed by atoms with Crippen molar-refractivity contribution in [3.05, 3.63) is 64.5 Å². The molecule has 1 aromatic heterocycles. The minimum atomic E-state index is -0.396. The maximum absolute atomic E-state index is 12.6. The Kier molecular flexibility index (Phi) is 6.84. The molecule has 146 valence electrons. The summed E-state index contributed by atoms with van der Waals surface area (Å²) in [6.45, 7) is 2.88. The van der Waals surface area contributed by atoms with Gasteiger partial charge in [0.2, 0.25) is 0 Å². The Labute approximate surface area is 165 Å². The molecule has 0 radical (unpaired) electrons. The van der Waals surface area contributed by atoms with Crippen LogP contribution in [0.15, 0.2) is 62.7 Å². The first-order valence-corrected chi connectivity index (χ1v) is 9.69. The number of methoxy groups -OCH3 is 1. The molecule has 0 saturated heterocycles. The fourth-order valence-corrected chi connectivity index (χ4v) is 3.02. The second-order valence-corrected chi connectivity index (χ2v) is 6.62. The van der Waals surface area contributed by atoms with Gasteiger partial charge in [-0.25, -0.2) is 4.79 Å². The fraction of sp³-hybridized carbons (Fsp3) is 0.304. The van der Waals surface area contributed by atoms with Crippen molar-refractivity contribution in [1.29, 1.82) is 0 Å². The molecule has 3 rings (SSSR count). The highest BCUT2D eigenvalue weighted by atomic mass is 16.5. The molecule has 0 spiro atoms. The minimum absolute atomic E-state index is 0.396. The van der Waals surface area contributed by atoms with Gasteiger partial charge in [-0.05, 0) is 42.8 Å². The number of hydrogen-bond donors (Lipinski definition) is 1. The lowest BCUT2D eigenvalue weighted by atomic mass is 10.1. The second-order valence-electron chi connectivity index (χ2n) is 6.62. The molecule has 5 heteroatoms. The van der Waals surface area contributed by atoms with E-state index in [2.05, 4.69) is 17.2 Å². The van der Waals surface area contributed by atoms with Crippen LogP contribution in [0.5, 0.6) is 5.75 Å². The first kappa shape index (κ1) is 19.7. The van der Waals surface area contributed by atoms with E-state index in [4.69, 9.17) is 9.15 Å². The SMILES string of the molecule is CCCCCCN=Cc1c(Nc2ccc(OC)cc2)c2ccccc2oc1=O. The van der Waals surface area contributed by atoms with Crippen molar-refractivity contribution in [2.24, 2.45) is 4.99 Å². The van der Waals surface area contributed by atoms with Crippen LogP contribution in [0.4, 0.5) is 11.4 Å². The first-order valence-electron chi connectivity index (χ1n) is 9.69. The molecule has 0 fully saturated rings. The zero-order chi connectivity index (χ0) is 19.8.